The number of rotatable bonds is 2. The van der Waals surface area contributed by atoms with Crippen molar-refractivity contribution in [3.63, 3.8) is 0 Å². The highest BCUT2D eigenvalue weighted by atomic mass is 16.5. The lowest BCUT2D eigenvalue weighted by Crippen LogP contribution is -2.40. The van der Waals surface area contributed by atoms with Crippen LogP contribution in [-0.2, 0) is 9.53 Å². The van der Waals surface area contributed by atoms with Gasteiger partial charge in [0.15, 0.2) is 5.78 Å². The van der Waals surface area contributed by atoms with Crippen LogP contribution < -0.4 is 4.74 Å². The molecule has 3 rings (SSSR count). The first-order valence-electron chi connectivity index (χ1n) is 7.05. The van der Waals surface area contributed by atoms with Crippen molar-refractivity contribution in [2.24, 2.45) is 5.92 Å². The molecular formula is C16H18O5. The lowest BCUT2D eigenvalue weighted by molar-refractivity contribution is -0.126. The Balaban J connectivity index is 1.91. The van der Waals surface area contributed by atoms with Gasteiger partial charge in [0.05, 0.1) is 31.0 Å². The molecule has 21 heavy (non-hydrogen) atoms. The van der Waals surface area contributed by atoms with Crippen LogP contribution in [0.15, 0.2) is 24.5 Å². The number of aromatic hydroxyl groups is 1. The number of allylic oxidation sites excluding steroid dienone is 1. The molecule has 0 radical (unpaired) electrons. The maximum atomic E-state index is 12.6. The monoisotopic (exact) mass is 290 g/mol. The summed E-state index contributed by atoms with van der Waals surface area (Å²) in [6.45, 7) is 0. The molecule has 1 aliphatic carbocycles. The third kappa shape index (κ3) is 2.49. The Morgan fingerprint density at radius 2 is 2.14 bits per heavy atom. The molecule has 0 bridgehead atoms. The predicted octanol–water partition coefficient (Wildman–Crippen LogP) is 1.87. The number of phenols is 1. The third-order valence-electron chi connectivity index (χ3n) is 4.22. The Bertz CT molecular complexity index is 592. The molecule has 1 saturated carbocycles. The Hall–Kier alpha value is -2.01. The number of aliphatic hydroxyl groups is 1. The molecule has 2 N–H and O–H groups in total. The van der Waals surface area contributed by atoms with E-state index in [0.29, 0.717) is 36.1 Å². The fourth-order valence-corrected chi connectivity index (χ4v) is 3.03. The SMILES string of the molecule is COc1ccc(C2=COC3CC(O)CCC3C2=O)c(O)c1. The van der Waals surface area contributed by atoms with Gasteiger partial charge in [0.2, 0.25) is 0 Å². The van der Waals surface area contributed by atoms with Crippen LogP contribution >= 0.6 is 0 Å². The van der Waals surface area contributed by atoms with Crippen molar-refractivity contribution in [2.75, 3.05) is 7.11 Å². The summed E-state index contributed by atoms with van der Waals surface area (Å²) in [5.74, 6) is 0.250. The van der Waals surface area contributed by atoms with Crippen molar-refractivity contribution >= 4 is 11.4 Å². The molecule has 2 aliphatic rings. The van der Waals surface area contributed by atoms with Crippen LogP contribution in [0.3, 0.4) is 0 Å². The number of aliphatic hydroxyl groups excluding tert-OH is 1. The quantitative estimate of drug-likeness (QED) is 0.869. The van der Waals surface area contributed by atoms with Gasteiger partial charge in [-0.25, -0.2) is 0 Å². The third-order valence-corrected chi connectivity index (χ3v) is 4.22. The lowest BCUT2D eigenvalue weighted by atomic mass is 9.78. The fourth-order valence-electron chi connectivity index (χ4n) is 3.03. The Morgan fingerprint density at radius 1 is 1.33 bits per heavy atom. The molecule has 0 aromatic heterocycles. The number of fused-ring (bicyclic) bond motifs is 1. The molecule has 0 amide bonds. The molecule has 0 spiro atoms. The van der Waals surface area contributed by atoms with Gasteiger partial charge in [0.1, 0.15) is 17.6 Å². The summed E-state index contributed by atoms with van der Waals surface area (Å²) >= 11 is 0. The van der Waals surface area contributed by atoms with Crippen LogP contribution in [-0.4, -0.2) is 35.3 Å². The van der Waals surface area contributed by atoms with Crippen molar-refractivity contribution in [1.82, 2.24) is 0 Å². The lowest BCUT2D eigenvalue weighted by Gasteiger charge is -2.36. The minimum atomic E-state index is -0.400. The Morgan fingerprint density at radius 3 is 2.86 bits per heavy atom. The van der Waals surface area contributed by atoms with Gasteiger partial charge in [0, 0.05) is 18.1 Å². The zero-order chi connectivity index (χ0) is 15.0. The van der Waals surface area contributed by atoms with Crippen molar-refractivity contribution in [3.8, 4) is 11.5 Å². The highest BCUT2D eigenvalue weighted by Gasteiger charge is 2.40. The van der Waals surface area contributed by atoms with Crippen LogP contribution in [0.4, 0.5) is 0 Å². The fraction of sp³-hybridized carbons (Fsp3) is 0.438. The molecule has 1 aromatic carbocycles. The van der Waals surface area contributed by atoms with Gasteiger partial charge < -0.3 is 19.7 Å². The van der Waals surface area contributed by atoms with E-state index in [-0.39, 0.29) is 23.6 Å². The van der Waals surface area contributed by atoms with Gasteiger partial charge in [-0.1, -0.05) is 0 Å². The molecular weight excluding hydrogens is 272 g/mol. The average molecular weight is 290 g/mol. The second-order valence-electron chi connectivity index (χ2n) is 5.53. The number of hydrogen-bond donors (Lipinski definition) is 2. The van der Waals surface area contributed by atoms with Crippen LogP contribution in [0.5, 0.6) is 11.5 Å². The van der Waals surface area contributed by atoms with E-state index in [1.807, 2.05) is 0 Å². The van der Waals surface area contributed by atoms with E-state index in [1.54, 1.807) is 12.1 Å². The van der Waals surface area contributed by atoms with E-state index >= 15 is 0 Å². The Kier molecular flexibility index (Phi) is 3.59. The summed E-state index contributed by atoms with van der Waals surface area (Å²) in [6, 6.07) is 4.82. The van der Waals surface area contributed by atoms with Gasteiger partial charge >= 0.3 is 0 Å². The predicted molar refractivity (Wildman–Crippen MR) is 75.9 cm³/mol. The second kappa shape index (κ2) is 5.41. The van der Waals surface area contributed by atoms with Crippen molar-refractivity contribution in [3.05, 3.63) is 30.0 Å². The summed E-state index contributed by atoms with van der Waals surface area (Å²) in [6.07, 6.45) is 2.45. The molecule has 0 saturated heterocycles. The molecule has 112 valence electrons. The number of benzene rings is 1. The number of Topliss-reactive ketones (excluding diaryl/α,β-unsaturated/α-hetero) is 1. The number of carbonyl (C=O) groups excluding carboxylic acids is 1. The van der Waals surface area contributed by atoms with Crippen molar-refractivity contribution in [2.45, 2.75) is 31.5 Å². The normalized spacial score (nSPS) is 28.4. The van der Waals surface area contributed by atoms with E-state index in [4.69, 9.17) is 9.47 Å². The van der Waals surface area contributed by atoms with E-state index in [1.165, 1.54) is 19.4 Å². The zero-order valence-corrected chi connectivity index (χ0v) is 11.8. The molecule has 1 heterocycles. The average Bonchev–Trinajstić information content (AvgIpc) is 2.48. The first-order chi connectivity index (χ1) is 10.1. The van der Waals surface area contributed by atoms with Crippen molar-refractivity contribution in [1.29, 1.82) is 0 Å². The van der Waals surface area contributed by atoms with Crippen molar-refractivity contribution < 1.29 is 24.5 Å². The summed E-state index contributed by atoms with van der Waals surface area (Å²) in [4.78, 5) is 12.6. The van der Waals surface area contributed by atoms with Crippen LogP contribution in [0, 0.1) is 5.92 Å². The van der Waals surface area contributed by atoms with Gasteiger partial charge in [-0.05, 0) is 25.0 Å². The number of methoxy groups -OCH3 is 1. The number of ketones is 1. The highest BCUT2D eigenvalue weighted by molar-refractivity contribution is 6.22. The van der Waals surface area contributed by atoms with Crippen LogP contribution in [0.1, 0.15) is 24.8 Å². The summed E-state index contributed by atoms with van der Waals surface area (Å²) < 4.78 is 10.7. The maximum Gasteiger partial charge on any atom is 0.173 e. The topological polar surface area (TPSA) is 76.0 Å². The van der Waals surface area contributed by atoms with E-state index in [0.717, 1.165) is 0 Å². The Labute approximate surface area is 122 Å². The standard InChI is InChI=1S/C16H18O5/c1-20-10-3-5-11(14(18)7-10)13-8-21-15-6-9(17)2-4-12(15)16(13)19/h3,5,7-9,12,15,17-18H,2,4,6H2,1H3. The van der Waals surface area contributed by atoms with Gasteiger partial charge in [0.25, 0.3) is 0 Å². The minimum absolute atomic E-state index is 0.00755. The zero-order valence-electron chi connectivity index (χ0n) is 11.8. The first-order valence-corrected chi connectivity index (χ1v) is 7.05. The van der Waals surface area contributed by atoms with Gasteiger partial charge in [-0.2, -0.15) is 0 Å². The van der Waals surface area contributed by atoms with Crippen LogP contribution in [0.2, 0.25) is 0 Å². The first kappa shape index (κ1) is 13.9. The summed E-state index contributed by atoms with van der Waals surface area (Å²) in [5.41, 5.74) is 0.832. The molecule has 5 nitrogen and oxygen atoms in total. The number of carbonyl (C=O) groups is 1. The van der Waals surface area contributed by atoms with Crippen LogP contribution in [0.25, 0.3) is 5.57 Å². The van der Waals surface area contributed by atoms with E-state index < -0.39 is 6.10 Å². The van der Waals surface area contributed by atoms with Gasteiger partial charge in [-0.3, -0.25) is 4.79 Å². The molecule has 1 fully saturated rings. The summed E-state index contributed by atoms with van der Waals surface area (Å²) in [5, 5.41) is 19.7. The molecule has 3 atom stereocenters. The summed E-state index contributed by atoms with van der Waals surface area (Å²) in [7, 11) is 1.51. The molecule has 5 heteroatoms. The van der Waals surface area contributed by atoms with E-state index in [2.05, 4.69) is 0 Å². The smallest absolute Gasteiger partial charge is 0.173 e. The largest absolute Gasteiger partial charge is 0.507 e. The molecule has 3 unspecified atom stereocenters. The highest BCUT2D eigenvalue weighted by Crippen LogP contribution is 2.39. The number of hydrogen-bond acceptors (Lipinski definition) is 5. The molecule has 1 aliphatic heterocycles. The second-order valence-corrected chi connectivity index (χ2v) is 5.53. The van der Waals surface area contributed by atoms with Gasteiger partial charge in [-0.15, -0.1) is 0 Å². The maximum absolute atomic E-state index is 12.6. The molecule has 1 aromatic rings. The number of ether oxygens (including phenoxy) is 2. The number of phenolic OH excluding ortho intramolecular Hbond substituents is 1. The van der Waals surface area contributed by atoms with E-state index in [9.17, 15) is 15.0 Å². The minimum Gasteiger partial charge on any atom is -0.507 e.